The van der Waals surface area contributed by atoms with Crippen LogP contribution in [0.25, 0.3) is 0 Å². The number of carbonyl (C=O) groups is 1. The zero-order chi connectivity index (χ0) is 15.3. The maximum absolute atomic E-state index is 12.3. The average molecular weight is 299 g/mol. The molecule has 0 aliphatic rings. The summed E-state index contributed by atoms with van der Waals surface area (Å²) in [6, 6.07) is 3.38. The van der Waals surface area contributed by atoms with E-state index in [0.717, 1.165) is 12.1 Å². The van der Waals surface area contributed by atoms with E-state index < -0.39 is 0 Å². The SMILES string of the molecule is CCC(COC)NC(=O)c1cc(Cl)nc(C(C)(C)C)c1. The zero-order valence-electron chi connectivity index (χ0n) is 12.8. The highest BCUT2D eigenvalue weighted by Gasteiger charge is 2.20. The third-order valence-electron chi connectivity index (χ3n) is 3.02. The van der Waals surface area contributed by atoms with Gasteiger partial charge in [-0.1, -0.05) is 39.3 Å². The van der Waals surface area contributed by atoms with Crippen molar-refractivity contribution in [2.75, 3.05) is 13.7 Å². The summed E-state index contributed by atoms with van der Waals surface area (Å²) >= 11 is 6.02. The van der Waals surface area contributed by atoms with Crippen LogP contribution in [0.1, 0.15) is 50.2 Å². The van der Waals surface area contributed by atoms with E-state index in [9.17, 15) is 4.79 Å². The van der Waals surface area contributed by atoms with E-state index in [1.165, 1.54) is 0 Å². The molecule has 1 heterocycles. The van der Waals surface area contributed by atoms with E-state index in [1.807, 2.05) is 27.7 Å². The van der Waals surface area contributed by atoms with E-state index in [4.69, 9.17) is 16.3 Å². The van der Waals surface area contributed by atoms with Crippen molar-refractivity contribution in [2.24, 2.45) is 0 Å². The maximum Gasteiger partial charge on any atom is 0.251 e. The molecule has 0 saturated heterocycles. The van der Waals surface area contributed by atoms with Crippen LogP contribution in [0.2, 0.25) is 5.15 Å². The Morgan fingerprint density at radius 1 is 1.45 bits per heavy atom. The Bertz CT molecular complexity index is 469. The van der Waals surface area contributed by atoms with Crippen molar-refractivity contribution in [3.8, 4) is 0 Å². The van der Waals surface area contributed by atoms with E-state index in [-0.39, 0.29) is 17.4 Å². The summed E-state index contributed by atoms with van der Waals surface area (Å²) in [6.45, 7) is 8.60. The van der Waals surface area contributed by atoms with Gasteiger partial charge in [0, 0.05) is 23.8 Å². The molecule has 112 valence electrons. The van der Waals surface area contributed by atoms with Crippen LogP contribution in [-0.4, -0.2) is 30.6 Å². The van der Waals surface area contributed by atoms with Gasteiger partial charge < -0.3 is 10.1 Å². The van der Waals surface area contributed by atoms with Crippen LogP contribution in [0, 0.1) is 0 Å². The minimum Gasteiger partial charge on any atom is -0.383 e. The Balaban J connectivity index is 2.96. The second kappa shape index (κ2) is 7.04. The van der Waals surface area contributed by atoms with Gasteiger partial charge >= 0.3 is 0 Å². The van der Waals surface area contributed by atoms with Crippen LogP contribution in [0.3, 0.4) is 0 Å². The van der Waals surface area contributed by atoms with Crippen LogP contribution >= 0.6 is 11.6 Å². The molecule has 0 aromatic carbocycles. The van der Waals surface area contributed by atoms with E-state index >= 15 is 0 Å². The molecule has 0 aliphatic carbocycles. The molecular formula is C15H23ClN2O2. The fourth-order valence-corrected chi connectivity index (χ4v) is 1.95. The Morgan fingerprint density at radius 3 is 2.60 bits per heavy atom. The molecule has 1 N–H and O–H groups in total. The second-order valence-corrected chi connectivity index (χ2v) is 6.24. The molecule has 1 atom stereocenters. The van der Waals surface area contributed by atoms with E-state index in [1.54, 1.807) is 19.2 Å². The van der Waals surface area contributed by atoms with Crippen molar-refractivity contribution in [2.45, 2.75) is 45.6 Å². The first-order valence-electron chi connectivity index (χ1n) is 6.75. The lowest BCUT2D eigenvalue weighted by Crippen LogP contribution is -2.37. The highest BCUT2D eigenvalue weighted by Crippen LogP contribution is 2.23. The van der Waals surface area contributed by atoms with Crippen molar-refractivity contribution < 1.29 is 9.53 Å². The summed E-state index contributed by atoms with van der Waals surface area (Å²) < 4.78 is 5.08. The third kappa shape index (κ3) is 4.76. The van der Waals surface area contributed by atoms with Gasteiger partial charge in [-0.15, -0.1) is 0 Å². The van der Waals surface area contributed by atoms with Crippen molar-refractivity contribution in [1.82, 2.24) is 10.3 Å². The number of amides is 1. The predicted octanol–water partition coefficient (Wildman–Crippen LogP) is 3.19. The molecule has 1 amide bonds. The Kier molecular flexibility index (Phi) is 5.96. The molecule has 5 heteroatoms. The number of ether oxygens (including phenoxy) is 1. The number of halogens is 1. The second-order valence-electron chi connectivity index (χ2n) is 5.85. The van der Waals surface area contributed by atoms with Gasteiger partial charge in [0.05, 0.1) is 12.6 Å². The van der Waals surface area contributed by atoms with Gasteiger partial charge in [0.2, 0.25) is 0 Å². The number of aromatic nitrogens is 1. The Labute approximate surface area is 125 Å². The minimum atomic E-state index is -0.156. The van der Waals surface area contributed by atoms with Crippen molar-refractivity contribution in [1.29, 1.82) is 0 Å². The van der Waals surface area contributed by atoms with Gasteiger partial charge in [-0.2, -0.15) is 0 Å². The van der Waals surface area contributed by atoms with Gasteiger partial charge in [0.15, 0.2) is 0 Å². The highest BCUT2D eigenvalue weighted by molar-refractivity contribution is 6.29. The first-order valence-corrected chi connectivity index (χ1v) is 7.13. The number of methoxy groups -OCH3 is 1. The first-order chi connectivity index (χ1) is 9.27. The minimum absolute atomic E-state index is 0.00229. The lowest BCUT2D eigenvalue weighted by Gasteiger charge is -2.20. The van der Waals surface area contributed by atoms with Crippen LogP contribution < -0.4 is 5.32 Å². The fraction of sp³-hybridized carbons (Fsp3) is 0.600. The lowest BCUT2D eigenvalue weighted by molar-refractivity contribution is 0.0894. The third-order valence-corrected chi connectivity index (χ3v) is 3.21. The fourth-order valence-electron chi connectivity index (χ4n) is 1.74. The Morgan fingerprint density at radius 2 is 2.10 bits per heavy atom. The number of rotatable bonds is 5. The number of nitrogens with one attached hydrogen (secondary N) is 1. The molecule has 0 bridgehead atoms. The molecule has 1 aromatic heterocycles. The number of carbonyl (C=O) groups excluding carboxylic acids is 1. The van der Waals surface area contributed by atoms with Gasteiger partial charge in [-0.05, 0) is 18.6 Å². The summed E-state index contributed by atoms with van der Waals surface area (Å²) in [6.07, 6.45) is 0.810. The summed E-state index contributed by atoms with van der Waals surface area (Å²) in [7, 11) is 1.62. The standard InChI is InChI=1S/C15H23ClN2O2/c1-6-11(9-20-5)17-14(19)10-7-12(15(2,3)4)18-13(16)8-10/h7-8,11H,6,9H2,1-5H3,(H,17,19). The molecule has 0 radical (unpaired) electrons. The maximum atomic E-state index is 12.3. The summed E-state index contributed by atoms with van der Waals surface area (Å²) in [5, 5.41) is 3.27. The van der Waals surface area contributed by atoms with Crippen molar-refractivity contribution in [3.05, 3.63) is 28.5 Å². The molecule has 4 nitrogen and oxygen atoms in total. The van der Waals surface area contributed by atoms with Gasteiger partial charge in [0.25, 0.3) is 5.91 Å². The number of hydrogen-bond donors (Lipinski definition) is 1. The molecule has 0 spiro atoms. The van der Waals surface area contributed by atoms with Crippen LogP contribution in [-0.2, 0) is 10.2 Å². The average Bonchev–Trinajstić information content (AvgIpc) is 2.36. The first kappa shape index (κ1) is 16.9. The van der Waals surface area contributed by atoms with Crippen LogP contribution in [0.15, 0.2) is 12.1 Å². The van der Waals surface area contributed by atoms with E-state index in [2.05, 4.69) is 10.3 Å². The molecule has 1 unspecified atom stereocenters. The topological polar surface area (TPSA) is 51.2 Å². The number of nitrogens with zero attached hydrogens (tertiary/aromatic N) is 1. The molecule has 20 heavy (non-hydrogen) atoms. The van der Waals surface area contributed by atoms with Gasteiger partial charge in [0.1, 0.15) is 5.15 Å². The molecule has 0 fully saturated rings. The monoisotopic (exact) mass is 298 g/mol. The molecule has 1 rings (SSSR count). The largest absolute Gasteiger partial charge is 0.383 e. The Hall–Kier alpha value is -1.13. The van der Waals surface area contributed by atoms with Gasteiger partial charge in [-0.25, -0.2) is 4.98 Å². The molecule has 0 saturated carbocycles. The normalized spacial score (nSPS) is 13.1. The van der Waals surface area contributed by atoms with Crippen LogP contribution in [0.4, 0.5) is 0 Å². The predicted molar refractivity (Wildman–Crippen MR) is 81.4 cm³/mol. The molecule has 0 aliphatic heterocycles. The number of hydrogen-bond acceptors (Lipinski definition) is 3. The van der Waals surface area contributed by atoms with Crippen molar-refractivity contribution >= 4 is 17.5 Å². The van der Waals surface area contributed by atoms with Crippen LogP contribution in [0.5, 0.6) is 0 Å². The van der Waals surface area contributed by atoms with E-state index in [0.29, 0.717) is 17.3 Å². The van der Waals surface area contributed by atoms with Crippen molar-refractivity contribution in [3.63, 3.8) is 0 Å². The highest BCUT2D eigenvalue weighted by atomic mass is 35.5. The lowest BCUT2D eigenvalue weighted by atomic mass is 9.91. The number of pyridine rings is 1. The van der Waals surface area contributed by atoms with Gasteiger partial charge in [-0.3, -0.25) is 4.79 Å². The summed E-state index contributed by atoms with van der Waals surface area (Å²) in [4.78, 5) is 16.6. The zero-order valence-corrected chi connectivity index (χ0v) is 13.5. The molecular weight excluding hydrogens is 276 g/mol. The quantitative estimate of drug-likeness (QED) is 0.849. The summed E-state index contributed by atoms with van der Waals surface area (Å²) in [5.74, 6) is -0.149. The smallest absolute Gasteiger partial charge is 0.251 e. The summed E-state index contributed by atoms with van der Waals surface area (Å²) in [5.41, 5.74) is 1.18. The molecule has 1 aromatic rings.